The molecular formula is C12H14N2O3. The molecule has 2 aliphatic rings. The van der Waals surface area contributed by atoms with Crippen LogP contribution in [0.25, 0.3) is 0 Å². The highest BCUT2D eigenvalue weighted by Gasteiger charge is 2.28. The summed E-state index contributed by atoms with van der Waals surface area (Å²) in [6.45, 7) is 1.59. The van der Waals surface area contributed by atoms with Crippen molar-refractivity contribution in [2.75, 3.05) is 13.3 Å². The molecule has 3 rings (SSSR count). The predicted molar refractivity (Wildman–Crippen MR) is 60.6 cm³/mol. The normalized spacial score (nSPS) is 22.3. The van der Waals surface area contributed by atoms with E-state index in [9.17, 15) is 4.79 Å². The highest BCUT2D eigenvalue weighted by molar-refractivity contribution is 5.83. The number of carbonyl (C=O) groups is 1. The third-order valence-corrected chi connectivity index (χ3v) is 3.15. The number of hydrogen-bond acceptors (Lipinski definition) is 4. The van der Waals surface area contributed by atoms with Crippen LogP contribution in [0.3, 0.4) is 0 Å². The van der Waals surface area contributed by atoms with Gasteiger partial charge in [-0.15, -0.1) is 0 Å². The first-order chi connectivity index (χ1) is 8.24. The van der Waals surface area contributed by atoms with Gasteiger partial charge in [-0.25, -0.2) is 0 Å². The van der Waals surface area contributed by atoms with Crippen LogP contribution >= 0.6 is 0 Å². The lowest BCUT2D eigenvalue weighted by Gasteiger charge is -2.16. The Kier molecular flexibility index (Phi) is 2.40. The van der Waals surface area contributed by atoms with Gasteiger partial charge in [-0.3, -0.25) is 4.79 Å². The predicted octanol–water partition coefficient (Wildman–Crippen LogP) is 0.475. The molecule has 1 amide bonds. The van der Waals surface area contributed by atoms with E-state index in [0.717, 1.165) is 30.0 Å². The number of likely N-dealkylation sites (tertiary alicyclic amines) is 1. The van der Waals surface area contributed by atoms with Crippen molar-refractivity contribution in [2.24, 2.45) is 5.73 Å². The number of rotatable bonds is 2. The lowest BCUT2D eigenvalue weighted by Crippen LogP contribution is -2.33. The summed E-state index contributed by atoms with van der Waals surface area (Å²) in [7, 11) is 0. The number of fused-ring (bicyclic) bond motifs is 1. The SMILES string of the molecule is NC1CCN(Cc2ccc3c(c2)OCO3)C1=O. The summed E-state index contributed by atoms with van der Waals surface area (Å²) < 4.78 is 10.5. The van der Waals surface area contributed by atoms with Gasteiger partial charge >= 0.3 is 0 Å². The third-order valence-electron chi connectivity index (χ3n) is 3.15. The molecule has 2 heterocycles. The Morgan fingerprint density at radius 1 is 1.35 bits per heavy atom. The van der Waals surface area contributed by atoms with Crippen LogP contribution in [-0.4, -0.2) is 30.2 Å². The van der Waals surface area contributed by atoms with E-state index in [1.807, 2.05) is 18.2 Å². The smallest absolute Gasteiger partial charge is 0.239 e. The minimum atomic E-state index is -0.330. The first-order valence-corrected chi connectivity index (χ1v) is 5.67. The largest absolute Gasteiger partial charge is 0.454 e. The summed E-state index contributed by atoms with van der Waals surface area (Å²) in [5, 5.41) is 0. The molecule has 0 radical (unpaired) electrons. The van der Waals surface area contributed by atoms with E-state index >= 15 is 0 Å². The van der Waals surface area contributed by atoms with Crippen LogP contribution in [0.2, 0.25) is 0 Å². The molecule has 2 aliphatic heterocycles. The van der Waals surface area contributed by atoms with E-state index in [1.54, 1.807) is 4.90 Å². The maximum absolute atomic E-state index is 11.7. The summed E-state index contributed by atoms with van der Waals surface area (Å²) in [6, 6.07) is 5.41. The minimum Gasteiger partial charge on any atom is -0.454 e. The van der Waals surface area contributed by atoms with Crippen LogP contribution in [0.1, 0.15) is 12.0 Å². The van der Waals surface area contributed by atoms with Gasteiger partial charge in [-0.1, -0.05) is 6.07 Å². The van der Waals surface area contributed by atoms with Gasteiger partial charge in [0.2, 0.25) is 12.7 Å². The van der Waals surface area contributed by atoms with Crippen LogP contribution in [0, 0.1) is 0 Å². The second-order valence-corrected chi connectivity index (χ2v) is 4.34. The number of carbonyl (C=O) groups excluding carboxylic acids is 1. The minimum absolute atomic E-state index is 0.0302. The van der Waals surface area contributed by atoms with E-state index in [0.29, 0.717) is 6.54 Å². The summed E-state index contributed by atoms with van der Waals surface area (Å²) in [4.78, 5) is 13.5. The zero-order valence-electron chi connectivity index (χ0n) is 9.39. The van der Waals surface area contributed by atoms with Crippen molar-refractivity contribution in [3.8, 4) is 11.5 Å². The second kappa shape index (κ2) is 3.92. The Morgan fingerprint density at radius 2 is 2.18 bits per heavy atom. The molecule has 0 saturated carbocycles. The number of benzene rings is 1. The molecule has 0 spiro atoms. The Morgan fingerprint density at radius 3 is 2.94 bits per heavy atom. The third kappa shape index (κ3) is 1.82. The zero-order valence-corrected chi connectivity index (χ0v) is 9.39. The van der Waals surface area contributed by atoms with E-state index in [4.69, 9.17) is 15.2 Å². The summed E-state index contributed by atoms with van der Waals surface area (Å²) in [5.41, 5.74) is 6.72. The van der Waals surface area contributed by atoms with Crippen molar-refractivity contribution >= 4 is 5.91 Å². The maximum Gasteiger partial charge on any atom is 0.239 e. The fraction of sp³-hybridized carbons (Fsp3) is 0.417. The standard InChI is InChI=1S/C12H14N2O3/c13-9-3-4-14(12(9)15)6-8-1-2-10-11(5-8)17-7-16-10/h1-2,5,9H,3-4,6-7,13H2. The van der Waals surface area contributed by atoms with Gasteiger partial charge in [0, 0.05) is 13.1 Å². The van der Waals surface area contributed by atoms with Gasteiger partial charge in [0.1, 0.15) is 0 Å². The molecule has 1 unspecified atom stereocenters. The van der Waals surface area contributed by atoms with Crippen LogP contribution in [-0.2, 0) is 11.3 Å². The van der Waals surface area contributed by atoms with Gasteiger partial charge in [0.25, 0.3) is 0 Å². The van der Waals surface area contributed by atoms with Crippen molar-refractivity contribution in [2.45, 2.75) is 19.0 Å². The van der Waals surface area contributed by atoms with E-state index in [1.165, 1.54) is 0 Å². The molecule has 1 aromatic rings. The Hall–Kier alpha value is -1.75. The van der Waals surface area contributed by atoms with Gasteiger partial charge in [-0.2, -0.15) is 0 Å². The number of hydrogen-bond donors (Lipinski definition) is 1. The molecule has 5 nitrogen and oxygen atoms in total. The van der Waals surface area contributed by atoms with Gasteiger partial charge in [-0.05, 0) is 24.1 Å². The van der Waals surface area contributed by atoms with Gasteiger partial charge in [0.05, 0.1) is 6.04 Å². The number of ether oxygens (including phenoxy) is 2. The van der Waals surface area contributed by atoms with Crippen molar-refractivity contribution < 1.29 is 14.3 Å². The molecule has 1 atom stereocenters. The summed E-state index contributed by atoms with van der Waals surface area (Å²) in [6.07, 6.45) is 0.739. The summed E-state index contributed by atoms with van der Waals surface area (Å²) in [5.74, 6) is 1.54. The van der Waals surface area contributed by atoms with Crippen LogP contribution in [0.5, 0.6) is 11.5 Å². The molecule has 0 bridgehead atoms. The van der Waals surface area contributed by atoms with Crippen LogP contribution < -0.4 is 15.2 Å². The fourth-order valence-electron chi connectivity index (χ4n) is 2.18. The van der Waals surface area contributed by atoms with E-state index in [-0.39, 0.29) is 18.7 Å². The highest BCUT2D eigenvalue weighted by atomic mass is 16.7. The molecular weight excluding hydrogens is 220 g/mol. The first kappa shape index (κ1) is 10.4. The monoisotopic (exact) mass is 234 g/mol. The molecule has 90 valence electrons. The Labute approximate surface area is 99.1 Å². The van der Waals surface area contributed by atoms with Crippen molar-refractivity contribution in [3.05, 3.63) is 23.8 Å². The van der Waals surface area contributed by atoms with E-state index < -0.39 is 0 Å². The first-order valence-electron chi connectivity index (χ1n) is 5.67. The molecule has 0 aromatic heterocycles. The fourth-order valence-corrected chi connectivity index (χ4v) is 2.18. The molecule has 1 saturated heterocycles. The average molecular weight is 234 g/mol. The zero-order chi connectivity index (χ0) is 11.8. The van der Waals surface area contributed by atoms with Gasteiger partial charge in [0.15, 0.2) is 11.5 Å². The number of nitrogens with two attached hydrogens (primary N) is 1. The lowest BCUT2D eigenvalue weighted by molar-refractivity contribution is -0.129. The lowest BCUT2D eigenvalue weighted by atomic mass is 10.2. The van der Waals surface area contributed by atoms with Crippen LogP contribution in [0.15, 0.2) is 18.2 Å². The maximum atomic E-state index is 11.7. The van der Waals surface area contributed by atoms with E-state index in [2.05, 4.69) is 0 Å². The average Bonchev–Trinajstić information content (AvgIpc) is 2.90. The van der Waals surface area contributed by atoms with Crippen molar-refractivity contribution in [1.82, 2.24) is 4.90 Å². The molecule has 1 fully saturated rings. The summed E-state index contributed by atoms with van der Waals surface area (Å²) >= 11 is 0. The van der Waals surface area contributed by atoms with Crippen LogP contribution in [0.4, 0.5) is 0 Å². The quantitative estimate of drug-likeness (QED) is 0.808. The molecule has 2 N–H and O–H groups in total. The molecule has 0 aliphatic carbocycles. The topological polar surface area (TPSA) is 64.8 Å². The van der Waals surface area contributed by atoms with Gasteiger partial charge < -0.3 is 20.1 Å². The molecule has 5 heteroatoms. The molecule has 17 heavy (non-hydrogen) atoms. The Balaban J connectivity index is 1.75. The van der Waals surface area contributed by atoms with Crippen molar-refractivity contribution in [3.63, 3.8) is 0 Å². The highest BCUT2D eigenvalue weighted by Crippen LogP contribution is 2.33. The number of nitrogens with zero attached hydrogens (tertiary/aromatic N) is 1. The van der Waals surface area contributed by atoms with Crippen molar-refractivity contribution in [1.29, 1.82) is 0 Å². The Bertz CT molecular complexity index is 461. The second-order valence-electron chi connectivity index (χ2n) is 4.34. The number of amides is 1. The molecule has 1 aromatic carbocycles.